The first kappa shape index (κ1) is 23.2. The lowest BCUT2D eigenvalue weighted by molar-refractivity contribution is -0.123. The molecule has 1 atom stereocenters. The van der Waals surface area contributed by atoms with E-state index in [2.05, 4.69) is 14.9 Å². The van der Waals surface area contributed by atoms with Gasteiger partial charge in [0.1, 0.15) is 5.82 Å². The summed E-state index contributed by atoms with van der Waals surface area (Å²) in [4.78, 5) is 25.6. The van der Waals surface area contributed by atoms with Gasteiger partial charge in [-0.25, -0.2) is 17.5 Å². The minimum atomic E-state index is -3.83. The summed E-state index contributed by atoms with van der Waals surface area (Å²) in [5.74, 6) is -1.89. The van der Waals surface area contributed by atoms with Crippen molar-refractivity contribution in [3.05, 3.63) is 29.6 Å². The number of nitrogens with zero attached hydrogens (tertiary/aromatic N) is 1. The second-order valence-corrected chi connectivity index (χ2v) is 9.28. The minimum absolute atomic E-state index is 0.142. The smallest absolute Gasteiger partial charge is 0.254 e. The maximum Gasteiger partial charge on any atom is 0.254 e. The molecule has 4 N–H and O–H groups in total. The van der Waals surface area contributed by atoms with E-state index >= 15 is 0 Å². The van der Waals surface area contributed by atoms with Crippen molar-refractivity contribution in [1.82, 2.24) is 14.9 Å². The Morgan fingerprint density at radius 3 is 2.72 bits per heavy atom. The number of benzene rings is 1. The van der Waals surface area contributed by atoms with E-state index in [0.717, 1.165) is 37.6 Å². The van der Waals surface area contributed by atoms with E-state index in [4.69, 9.17) is 5.73 Å². The topological polar surface area (TPSA) is 122 Å². The van der Waals surface area contributed by atoms with Gasteiger partial charge in [-0.2, -0.15) is 0 Å². The Morgan fingerprint density at radius 1 is 1.34 bits per heavy atom. The van der Waals surface area contributed by atoms with Crippen molar-refractivity contribution in [3.63, 3.8) is 0 Å². The molecule has 1 fully saturated rings. The normalized spacial score (nSPS) is 18.0. The number of amides is 2. The number of sulfonamides is 1. The second-order valence-electron chi connectivity index (χ2n) is 7.57. The van der Waals surface area contributed by atoms with Crippen LogP contribution in [-0.4, -0.2) is 57.4 Å². The first-order chi connectivity index (χ1) is 13.6. The van der Waals surface area contributed by atoms with Gasteiger partial charge in [0, 0.05) is 19.1 Å². The number of carbonyl (C=O) groups is 2. The highest BCUT2D eigenvalue weighted by Gasteiger charge is 2.24. The van der Waals surface area contributed by atoms with Crippen molar-refractivity contribution >= 4 is 21.8 Å². The molecule has 0 bridgehead atoms. The molecular formula is C19H29FN4O4S. The van der Waals surface area contributed by atoms with E-state index in [1.807, 2.05) is 0 Å². The maximum atomic E-state index is 14.1. The summed E-state index contributed by atoms with van der Waals surface area (Å²) in [6.45, 7) is 5.80. The fourth-order valence-corrected chi connectivity index (χ4v) is 4.59. The molecule has 1 aromatic rings. The summed E-state index contributed by atoms with van der Waals surface area (Å²) in [7, 11) is -3.83. The van der Waals surface area contributed by atoms with Gasteiger partial charge in [-0.1, -0.05) is 0 Å². The fraction of sp³-hybridized carbons (Fsp3) is 0.579. The van der Waals surface area contributed by atoms with Crippen LogP contribution in [-0.2, 0) is 14.8 Å². The molecule has 29 heavy (non-hydrogen) atoms. The Kier molecular flexibility index (Phi) is 8.12. The van der Waals surface area contributed by atoms with E-state index in [-0.39, 0.29) is 28.3 Å². The number of primary amides is 1. The Labute approximate surface area is 171 Å². The van der Waals surface area contributed by atoms with Gasteiger partial charge in [0.05, 0.1) is 16.4 Å². The Balaban J connectivity index is 1.90. The van der Waals surface area contributed by atoms with Crippen molar-refractivity contribution < 1.29 is 22.4 Å². The first-order valence-electron chi connectivity index (χ1n) is 9.72. The molecule has 1 saturated heterocycles. The second kappa shape index (κ2) is 10.1. The van der Waals surface area contributed by atoms with Gasteiger partial charge in [-0.05, 0) is 64.4 Å². The van der Waals surface area contributed by atoms with Crippen LogP contribution in [0.2, 0.25) is 0 Å². The van der Waals surface area contributed by atoms with Gasteiger partial charge in [0.15, 0.2) is 0 Å². The zero-order valence-electron chi connectivity index (χ0n) is 16.8. The molecule has 1 aliphatic rings. The predicted molar refractivity (Wildman–Crippen MR) is 107 cm³/mol. The average molecular weight is 429 g/mol. The van der Waals surface area contributed by atoms with Crippen LogP contribution in [0.25, 0.3) is 0 Å². The zero-order valence-corrected chi connectivity index (χ0v) is 17.6. The van der Waals surface area contributed by atoms with Gasteiger partial charge >= 0.3 is 0 Å². The van der Waals surface area contributed by atoms with Gasteiger partial charge in [0.25, 0.3) is 5.91 Å². The molecule has 1 aliphatic heterocycles. The monoisotopic (exact) mass is 428 g/mol. The third-order valence-electron chi connectivity index (χ3n) is 4.73. The molecule has 162 valence electrons. The molecule has 8 nitrogen and oxygen atoms in total. The van der Waals surface area contributed by atoms with Crippen LogP contribution in [0.4, 0.5) is 4.39 Å². The number of hydrogen-bond acceptors (Lipinski definition) is 5. The van der Waals surface area contributed by atoms with E-state index in [1.54, 1.807) is 13.8 Å². The molecule has 2 rings (SSSR count). The number of nitrogens with two attached hydrogens (primary N) is 1. The number of halogens is 1. The molecule has 0 aliphatic carbocycles. The number of carbonyl (C=O) groups excluding carboxylic acids is 2. The molecule has 0 saturated carbocycles. The van der Waals surface area contributed by atoms with E-state index in [1.165, 1.54) is 0 Å². The van der Waals surface area contributed by atoms with Gasteiger partial charge in [-0.15, -0.1) is 0 Å². The lowest BCUT2D eigenvalue weighted by Gasteiger charge is -2.31. The predicted octanol–water partition coefficient (Wildman–Crippen LogP) is 0.830. The molecular weight excluding hydrogens is 399 g/mol. The molecule has 0 radical (unpaired) electrons. The lowest BCUT2D eigenvalue weighted by atomic mass is 9.97. The standard InChI is InChI=1S/C19H29FN4O4S/c1-13(2)23-29(27,28)15-6-7-17(20)16(11-15)19(26)22-8-4-10-24-9-3-5-14(12-24)18(21)25/h6-7,11,13-14,23H,3-5,8-10,12H2,1-2H3,(H2,21,25)(H,22,26). The maximum absolute atomic E-state index is 14.1. The molecule has 0 spiro atoms. The van der Waals surface area contributed by atoms with Crippen LogP contribution in [0, 0.1) is 11.7 Å². The lowest BCUT2D eigenvalue weighted by Crippen LogP contribution is -2.42. The Bertz CT molecular complexity index is 845. The number of hydrogen-bond donors (Lipinski definition) is 3. The molecule has 0 aromatic heterocycles. The molecule has 10 heteroatoms. The summed E-state index contributed by atoms with van der Waals surface area (Å²) < 4.78 is 40.9. The zero-order chi connectivity index (χ0) is 21.6. The van der Waals surface area contributed by atoms with Crippen molar-refractivity contribution in [1.29, 1.82) is 0 Å². The Morgan fingerprint density at radius 2 is 2.07 bits per heavy atom. The molecule has 1 unspecified atom stereocenters. The third kappa shape index (κ3) is 6.76. The van der Waals surface area contributed by atoms with Gasteiger partial charge in [0.2, 0.25) is 15.9 Å². The van der Waals surface area contributed by atoms with E-state index < -0.39 is 21.7 Å². The summed E-state index contributed by atoms with van der Waals surface area (Å²) in [6.07, 6.45) is 2.31. The highest BCUT2D eigenvalue weighted by molar-refractivity contribution is 7.89. The molecule has 1 heterocycles. The van der Waals surface area contributed by atoms with Crippen LogP contribution >= 0.6 is 0 Å². The highest BCUT2D eigenvalue weighted by atomic mass is 32.2. The van der Waals surface area contributed by atoms with Gasteiger partial charge in [-0.3, -0.25) is 9.59 Å². The van der Waals surface area contributed by atoms with Gasteiger partial charge < -0.3 is 16.0 Å². The largest absolute Gasteiger partial charge is 0.369 e. The number of likely N-dealkylation sites (tertiary alicyclic amines) is 1. The summed E-state index contributed by atoms with van der Waals surface area (Å²) in [6, 6.07) is 2.81. The third-order valence-corrected chi connectivity index (χ3v) is 6.38. The summed E-state index contributed by atoms with van der Waals surface area (Å²) in [5, 5.41) is 2.62. The molecule has 1 aromatic carbocycles. The first-order valence-corrected chi connectivity index (χ1v) is 11.2. The quantitative estimate of drug-likeness (QED) is 0.503. The van der Waals surface area contributed by atoms with Crippen molar-refractivity contribution in [3.8, 4) is 0 Å². The van der Waals surface area contributed by atoms with Crippen LogP contribution in [0.3, 0.4) is 0 Å². The SMILES string of the molecule is CC(C)NS(=O)(=O)c1ccc(F)c(C(=O)NCCCN2CCCC(C(N)=O)C2)c1. The summed E-state index contributed by atoms with van der Waals surface area (Å²) in [5.41, 5.74) is 5.05. The van der Waals surface area contributed by atoms with Crippen molar-refractivity contribution in [2.24, 2.45) is 11.7 Å². The highest BCUT2D eigenvalue weighted by Crippen LogP contribution is 2.17. The van der Waals surface area contributed by atoms with E-state index in [0.29, 0.717) is 26.1 Å². The van der Waals surface area contributed by atoms with E-state index in [9.17, 15) is 22.4 Å². The van der Waals surface area contributed by atoms with Crippen molar-refractivity contribution in [2.45, 2.75) is 44.0 Å². The van der Waals surface area contributed by atoms with Crippen LogP contribution in [0.1, 0.15) is 43.5 Å². The van der Waals surface area contributed by atoms with Crippen LogP contribution in [0.15, 0.2) is 23.1 Å². The molecule has 2 amide bonds. The number of rotatable bonds is 9. The summed E-state index contributed by atoms with van der Waals surface area (Å²) >= 11 is 0. The minimum Gasteiger partial charge on any atom is -0.369 e. The number of nitrogens with one attached hydrogen (secondary N) is 2. The van der Waals surface area contributed by atoms with Crippen LogP contribution in [0.5, 0.6) is 0 Å². The Hall–Kier alpha value is -2.04. The number of piperidine rings is 1. The van der Waals surface area contributed by atoms with Crippen molar-refractivity contribution in [2.75, 3.05) is 26.2 Å². The fourth-order valence-electron chi connectivity index (χ4n) is 3.31. The van der Waals surface area contributed by atoms with Crippen LogP contribution < -0.4 is 15.8 Å². The average Bonchev–Trinajstić information content (AvgIpc) is 2.64.